The van der Waals surface area contributed by atoms with Crippen molar-refractivity contribution in [2.75, 3.05) is 5.32 Å². The Morgan fingerprint density at radius 3 is 2.88 bits per heavy atom. The van der Waals surface area contributed by atoms with Gasteiger partial charge in [-0.05, 0) is 18.8 Å². The van der Waals surface area contributed by atoms with Crippen LogP contribution in [0.4, 0.5) is 5.69 Å². The Morgan fingerprint density at radius 2 is 2.12 bits per heavy atom. The molecule has 1 fully saturated rings. The van der Waals surface area contributed by atoms with Gasteiger partial charge >= 0.3 is 0 Å². The summed E-state index contributed by atoms with van der Waals surface area (Å²) in [4.78, 5) is 0. The molecule has 16 heavy (non-hydrogen) atoms. The van der Waals surface area contributed by atoms with Gasteiger partial charge in [0.15, 0.2) is 10.3 Å². The molecule has 1 aromatic heterocycles. The van der Waals surface area contributed by atoms with Crippen molar-refractivity contribution in [3.05, 3.63) is 16.4 Å². The van der Waals surface area contributed by atoms with Crippen molar-refractivity contribution >= 4 is 28.9 Å². The first-order valence-corrected chi connectivity index (χ1v) is 6.36. The highest BCUT2D eigenvalue weighted by Crippen LogP contribution is 2.28. The minimum Gasteiger partial charge on any atom is -0.380 e. The highest BCUT2D eigenvalue weighted by molar-refractivity contribution is 6.33. The Morgan fingerprint density at radius 1 is 1.31 bits per heavy atom. The fourth-order valence-electron chi connectivity index (χ4n) is 2.24. The molecule has 1 aliphatic rings. The first-order chi connectivity index (χ1) is 7.65. The van der Waals surface area contributed by atoms with Crippen molar-refractivity contribution in [1.29, 1.82) is 0 Å². The van der Waals surface area contributed by atoms with Crippen molar-refractivity contribution in [1.82, 2.24) is 10.2 Å². The van der Waals surface area contributed by atoms with Gasteiger partial charge in [-0.15, -0.1) is 10.2 Å². The Kier molecular flexibility index (Phi) is 3.87. The second kappa shape index (κ2) is 5.19. The second-order valence-corrected chi connectivity index (χ2v) is 5.23. The van der Waals surface area contributed by atoms with E-state index >= 15 is 0 Å². The SMILES string of the molecule is CC1CCCC(Nc2cc(Cl)nnc2Cl)C1. The summed E-state index contributed by atoms with van der Waals surface area (Å²) in [6, 6.07) is 2.21. The number of nitrogens with one attached hydrogen (secondary N) is 1. The highest BCUT2D eigenvalue weighted by Gasteiger charge is 2.19. The zero-order chi connectivity index (χ0) is 11.5. The van der Waals surface area contributed by atoms with Crippen LogP contribution >= 0.6 is 23.2 Å². The van der Waals surface area contributed by atoms with Crippen LogP contribution in [0.5, 0.6) is 0 Å². The molecule has 0 saturated heterocycles. The molecule has 0 amide bonds. The van der Waals surface area contributed by atoms with Crippen LogP contribution in [0.15, 0.2) is 6.07 Å². The van der Waals surface area contributed by atoms with Gasteiger partial charge in [0.25, 0.3) is 0 Å². The molecule has 1 aliphatic carbocycles. The summed E-state index contributed by atoms with van der Waals surface area (Å²) >= 11 is 11.7. The van der Waals surface area contributed by atoms with Crippen LogP contribution in [-0.2, 0) is 0 Å². The maximum atomic E-state index is 5.96. The number of hydrogen-bond acceptors (Lipinski definition) is 3. The van der Waals surface area contributed by atoms with Crippen LogP contribution in [0, 0.1) is 5.92 Å². The van der Waals surface area contributed by atoms with E-state index in [1.165, 1.54) is 25.7 Å². The topological polar surface area (TPSA) is 37.8 Å². The van der Waals surface area contributed by atoms with Crippen LogP contribution in [-0.4, -0.2) is 16.2 Å². The summed E-state index contributed by atoms with van der Waals surface area (Å²) < 4.78 is 0. The number of halogens is 2. The molecule has 0 aliphatic heterocycles. The van der Waals surface area contributed by atoms with Crippen molar-refractivity contribution in [2.45, 2.75) is 38.6 Å². The quantitative estimate of drug-likeness (QED) is 0.879. The lowest BCUT2D eigenvalue weighted by molar-refractivity contribution is 0.358. The number of nitrogens with zero attached hydrogens (tertiary/aromatic N) is 2. The molecule has 1 heterocycles. The van der Waals surface area contributed by atoms with Gasteiger partial charge in [0.05, 0.1) is 5.69 Å². The van der Waals surface area contributed by atoms with E-state index in [0.29, 0.717) is 16.3 Å². The summed E-state index contributed by atoms with van der Waals surface area (Å²) in [5.74, 6) is 0.773. The van der Waals surface area contributed by atoms with Gasteiger partial charge in [0.2, 0.25) is 0 Å². The van der Waals surface area contributed by atoms with E-state index in [1.54, 1.807) is 6.07 Å². The van der Waals surface area contributed by atoms with E-state index in [0.717, 1.165) is 11.6 Å². The van der Waals surface area contributed by atoms with E-state index in [9.17, 15) is 0 Å². The molecular formula is C11H15Cl2N3. The lowest BCUT2D eigenvalue weighted by Gasteiger charge is -2.28. The normalized spacial score (nSPS) is 25.4. The van der Waals surface area contributed by atoms with Crippen LogP contribution < -0.4 is 5.32 Å². The number of rotatable bonds is 2. The van der Waals surface area contributed by atoms with E-state index in [2.05, 4.69) is 22.4 Å². The lowest BCUT2D eigenvalue weighted by Crippen LogP contribution is -2.26. The molecule has 88 valence electrons. The van der Waals surface area contributed by atoms with Gasteiger partial charge in [-0.2, -0.15) is 0 Å². The third-order valence-electron chi connectivity index (χ3n) is 3.02. The third kappa shape index (κ3) is 2.98. The van der Waals surface area contributed by atoms with Gasteiger partial charge in [0, 0.05) is 12.1 Å². The fraction of sp³-hybridized carbons (Fsp3) is 0.636. The molecule has 2 unspecified atom stereocenters. The summed E-state index contributed by atoms with van der Waals surface area (Å²) in [6.07, 6.45) is 4.95. The van der Waals surface area contributed by atoms with E-state index in [4.69, 9.17) is 23.2 Å². The van der Waals surface area contributed by atoms with Crippen LogP contribution in [0.25, 0.3) is 0 Å². The smallest absolute Gasteiger partial charge is 0.174 e. The summed E-state index contributed by atoms with van der Waals surface area (Å²) in [5, 5.41) is 11.6. The maximum Gasteiger partial charge on any atom is 0.174 e. The van der Waals surface area contributed by atoms with Crippen molar-refractivity contribution < 1.29 is 0 Å². The predicted octanol–water partition coefficient (Wildman–Crippen LogP) is 3.77. The Hall–Kier alpha value is -0.540. The molecule has 3 nitrogen and oxygen atoms in total. The predicted molar refractivity (Wildman–Crippen MR) is 67.1 cm³/mol. The average Bonchev–Trinajstić information content (AvgIpc) is 2.24. The Balaban J connectivity index is 2.05. The van der Waals surface area contributed by atoms with Crippen molar-refractivity contribution in [3.8, 4) is 0 Å². The molecule has 1 N–H and O–H groups in total. The Labute approximate surface area is 106 Å². The number of aromatic nitrogens is 2. The van der Waals surface area contributed by atoms with Crippen molar-refractivity contribution in [3.63, 3.8) is 0 Å². The fourth-order valence-corrected chi connectivity index (χ4v) is 2.53. The standard InChI is InChI=1S/C11H15Cl2N3/c1-7-3-2-4-8(5-7)14-9-6-10(12)15-16-11(9)13/h6-8H,2-5H2,1H3,(H,14,15). The Bertz CT molecular complexity index is 370. The zero-order valence-corrected chi connectivity index (χ0v) is 10.7. The summed E-state index contributed by atoms with van der Waals surface area (Å²) in [7, 11) is 0. The zero-order valence-electron chi connectivity index (χ0n) is 9.21. The minimum atomic E-state index is 0.371. The van der Waals surface area contributed by atoms with Gasteiger partial charge < -0.3 is 5.32 Å². The first-order valence-electron chi connectivity index (χ1n) is 5.60. The molecule has 0 spiro atoms. The molecular weight excluding hydrogens is 245 g/mol. The van der Waals surface area contributed by atoms with Crippen molar-refractivity contribution in [2.24, 2.45) is 5.92 Å². The third-order valence-corrected chi connectivity index (χ3v) is 3.48. The molecule has 0 radical (unpaired) electrons. The number of hydrogen-bond donors (Lipinski definition) is 1. The highest BCUT2D eigenvalue weighted by atomic mass is 35.5. The molecule has 2 rings (SSSR count). The molecule has 5 heteroatoms. The van der Waals surface area contributed by atoms with Gasteiger partial charge in [-0.3, -0.25) is 0 Å². The average molecular weight is 260 g/mol. The van der Waals surface area contributed by atoms with Gasteiger partial charge in [0.1, 0.15) is 0 Å². The van der Waals surface area contributed by atoms with E-state index < -0.39 is 0 Å². The lowest BCUT2D eigenvalue weighted by atomic mass is 9.87. The van der Waals surface area contributed by atoms with E-state index in [-0.39, 0.29) is 0 Å². The van der Waals surface area contributed by atoms with Crippen LogP contribution in [0.2, 0.25) is 10.3 Å². The molecule has 2 atom stereocenters. The monoisotopic (exact) mass is 259 g/mol. The molecule has 0 bridgehead atoms. The second-order valence-electron chi connectivity index (χ2n) is 4.48. The van der Waals surface area contributed by atoms with E-state index in [1.807, 2.05) is 0 Å². The van der Waals surface area contributed by atoms with Crippen LogP contribution in [0.1, 0.15) is 32.6 Å². The van der Waals surface area contributed by atoms with Gasteiger partial charge in [-0.25, -0.2) is 0 Å². The van der Waals surface area contributed by atoms with Gasteiger partial charge in [-0.1, -0.05) is 43.0 Å². The minimum absolute atomic E-state index is 0.371. The summed E-state index contributed by atoms with van der Waals surface area (Å²) in [6.45, 7) is 2.28. The molecule has 1 saturated carbocycles. The first kappa shape index (κ1) is 11.9. The largest absolute Gasteiger partial charge is 0.380 e. The number of anilines is 1. The maximum absolute atomic E-state index is 5.96. The molecule has 0 aromatic carbocycles. The summed E-state index contributed by atoms with van der Waals surface area (Å²) in [5.41, 5.74) is 0.792. The van der Waals surface area contributed by atoms with Crippen LogP contribution in [0.3, 0.4) is 0 Å². The molecule has 1 aromatic rings.